The fraction of sp³-hybridized carbons (Fsp3) is 0.0833. The molecule has 0 aliphatic carbocycles. The summed E-state index contributed by atoms with van der Waals surface area (Å²) in [6.07, 6.45) is 7.83. The van der Waals surface area contributed by atoms with Crippen LogP contribution in [0.4, 0.5) is 0 Å². The molecular weight excluding hydrogens is 220 g/mol. The van der Waals surface area contributed by atoms with Gasteiger partial charge >= 0.3 is 0 Å². The van der Waals surface area contributed by atoms with Crippen molar-refractivity contribution in [3.05, 3.63) is 45.8 Å². The number of hydrogen-bond donors (Lipinski definition) is 1. The van der Waals surface area contributed by atoms with Crippen molar-refractivity contribution in [2.24, 2.45) is 5.73 Å². The Morgan fingerprint density at radius 1 is 1.44 bits per heavy atom. The number of carbonyl (C=O) groups is 1. The smallest absolute Gasteiger partial charge is 0.250 e. The highest BCUT2D eigenvalue weighted by Gasteiger charge is 2.24. The van der Waals surface area contributed by atoms with Crippen molar-refractivity contribution in [1.29, 1.82) is 0 Å². The first-order valence-electron chi connectivity index (χ1n) is 5.00. The molecule has 4 heteroatoms. The van der Waals surface area contributed by atoms with Crippen LogP contribution in [0.5, 0.6) is 0 Å². The Hall–Kier alpha value is -1.81. The van der Waals surface area contributed by atoms with E-state index >= 15 is 0 Å². The third-order valence-electron chi connectivity index (χ3n) is 2.74. The van der Waals surface area contributed by atoms with E-state index in [9.17, 15) is 4.79 Å². The zero-order valence-electron chi connectivity index (χ0n) is 8.51. The SMILES string of the molecule is NC(=O)C1=C2c3sccc3C=CN2CC=C1. The summed E-state index contributed by atoms with van der Waals surface area (Å²) < 4.78 is 0. The maximum absolute atomic E-state index is 11.4. The molecule has 0 atom stereocenters. The van der Waals surface area contributed by atoms with Gasteiger partial charge in [-0.05, 0) is 29.2 Å². The van der Waals surface area contributed by atoms with Crippen LogP contribution < -0.4 is 5.73 Å². The van der Waals surface area contributed by atoms with Gasteiger partial charge in [0.15, 0.2) is 0 Å². The number of fused-ring (bicyclic) bond motifs is 3. The van der Waals surface area contributed by atoms with E-state index in [2.05, 4.69) is 17.0 Å². The monoisotopic (exact) mass is 230 g/mol. The molecule has 0 saturated carbocycles. The van der Waals surface area contributed by atoms with Crippen molar-refractivity contribution in [3.8, 4) is 0 Å². The fourth-order valence-electron chi connectivity index (χ4n) is 2.01. The third-order valence-corrected chi connectivity index (χ3v) is 3.68. The summed E-state index contributed by atoms with van der Waals surface area (Å²) in [6.45, 7) is 0.792. The minimum atomic E-state index is -0.370. The molecule has 1 amide bonds. The second-order valence-electron chi connectivity index (χ2n) is 3.70. The number of thiophene rings is 1. The molecule has 2 aliphatic heterocycles. The number of rotatable bonds is 1. The van der Waals surface area contributed by atoms with Crippen LogP contribution in [0.15, 0.2) is 35.4 Å². The lowest BCUT2D eigenvalue weighted by atomic mass is 10.0. The number of amides is 1. The van der Waals surface area contributed by atoms with Gasteiger partial charge in [-0.25, -0.2) is 0 Å². The van der Waals surface area contributed by atoms with E-state index in [4.69, 9.17) is 5.73 Å². The van der Waals surface area contributed by atoms with Crippen molar-refractivity contribution in [2.75, 3.05) is 6.54 Å². The Bertz CT molecular complexity index is 551. The second-order valence-corrected chi connectivity index (χ2v) is 4.62. The van der Waals surface area contributed by atoms with Crippen LogP contribution in [-0.2, 0) is 4.79 Å². The summed E-state index contributed by atoms with van der Waals surface area (Å²) in [6, 6.07) is 2.05. The first-order valence-corrected chi connectivity index (χ1v) is 5.88. The molecule has 3 rings (SSSR count). The molecule has 3 heterocycles. The molecule has 0 spiro atoms. The van der Waals surface area contributed by atoms with Crippen LogP contribution in [0.3, 0.4) is 0 Å². The Labute approximate surface area is 97.2 Å². The van der Waals surface area contributed by atoms with Gasteiger partial charge in [-0.1, -0.05) is 6.08 Å². The largest absolute Gasteiger partial charge is 0.366 e. The van der Waals surface area contributed by atoms with Gasteiger partial charge in [-0.3, -0.25) is 4.79 Å². The number of carbonyl (C=O) groups excluding carboxylic acids is 1. The minimum Gasteiger partial charge on any atom is -0.366 e. The molecule has 0 saturated heterocycles. The van der Waals surface area contributed by atoms with E-state index in [1.165, 1.54) is 0 Å². The molecule has 0 aromatic carbocycles. The van der Waals surface area contributed by atoms with Gasteiger partial charge in [-0.15, -0.1) is 11.3 Å². The second kappa shape index (κ2) is 3.35. The molecule has 80 valence electrons. The zero-order chi connectivity index (χ0) is 11.1. The van der Waals surface area contributed by atoms with Crippen molar-refractivity contribution in [1.82, 2.24) is 4.90 Å². The predicted octanol–water partition coefficient (Wildman–Crippen LogP) is 1.80. The predicted molar refractivity (Wildman–Crippen MR) is 65.3 cm³/mol. The molecule has 0 bridgehead atoms. The molecule has 2 aliphatic rings. The number of primary amides is 1. The van der Waals surface area contributed by atoms with Gasteiger partial charge in [0, 0.05) is 12.7 Å². The lowest BCUT2D eigenvalue weighted by Gasteiger charge is -2.29. The molecule has 0 unspecified atom stereocenters. The van der Waals surface area contributed by atoms with Gasteiger partial charge in [0.05, 0.1) is 16.1 Å². The molecule has 1 aromatic rings. The summed E-state index contributed by atoms with van der Waals surface area (Å²) >= 11 is 1.64. The number of nitrogens with zero attached hydrogens (tertiary/aromatic N) is 1. The van der Waals surface area contributed by atoms with E-state index in [1.54, 1.807) is 11.3 Å². The number of hydrogen-bond acceptors (Lipinski definition) is 3. The lowest BCUT2D eigenvalue weighted by Crippen LogP contribution is -2.26. The van der Waals surface area contributed by atoms with Gasteiger partial charge in [-0.2, -0.15) is 0 Å². The van der Waals surface area contributed by atoms with E-state index in [0.717, 1.165) is 22.7 Å². The summed E-state index contributed by atoms with van der Waals surface area (Å²) in [4.78, 5) is 14.6. The Morgan fingerprint density at radius 2 is 2.31 bits per heavy atom. The molecule has 1 aromatic heterocycles. The highest BCUT2D eigenvalue weighted by molar-refractivity contribution is 7.11. The van der Waals surface area contributed by atoms with E-state index in [0.29, 0.717) is 5.57 Å². The van der Waals surface area contributed by atoms with Crippen molar-refractivity contribution < 1.29 is 4.79 Å². The standard InChI is InChI=1S/C12H10N2OS/c13-12(15)9-2-1-5-14-6-3-8-4-7-16-11(8)10(9)14/h1-4,6-7H,5H2,(H2,13,15). The van der Waals surface area contributed by atoms with E-state index < -0.39 is 0 Å². The van der Waals surface area contributed by atoms with Gasteiger partial charge in [0.2, 0.25) is 0 Å². The topological polar surface area (TPSA) is 46.3 Å². The molecule has 3 nitrogen and oxygen atoms in total. The van der Waals surface area contributed by atoms with Gasteiger partial charge < -0.3 is 10.6 Å². The third kappa shape index (κ3) is 1.23. The normalized spacial score (nSPS) is 17.4. The molecule has 2 N–H and O–H groups in total. The summed E-state index contributed by atoms with van der Waals surface area (Å²) in [7, 11) is 0. The summed E-state index contributed by atoms with van der Waals surface area (Å²) in [5.41, 5.74) is 8.11. The van der Waals surface area contributed by atoms with Crippen molar-refractivity contribution in [3.63, 3.8) is 0 Å². The zero-order valence-corrected chi connectivity index (χ0v) is 9.33. The summed E-state index contributed by atoms with van der Waals surface area (Å²) in [5, 5.41) is 2.03. The summed E-state index contributed by atoms with van der Waals surface area (Å²) in [5.74, 6) is -0.370. The van der Waals surface area contributed by atoms with Crippen LogP contribution in [-0.4, -0.2) is 17.4 Å². The fourth-order valence-corrected chi connectivity index (χ4v) is 2.97. The highest BCUT2D eigenvalue weighted by atomic mass is 32.1. The lowest BCUT2D eigenvalue weighted by molar-refractivity contribution is -0.114. The number of nitrogens with two attached hydrogens (primary N) is 1. The first kappa shape index (κ1) is 9.42. The molecule has 16 heavy (non-hydrogen) atoms. The quantitative estimate of drug-likeness (QED) is 0.799. The minimum absolute atomic E-state index is 0.370. The average molecular weight is 230 g/mol. The Balaban J connectivity index is 2.27. The van der Waals surface area contributed by atoms with Crippen molar-refractivity contribution >= 4 is 29.0 Å². The maximum atomic E-state index is 11.4. The van der Waals surface area contributed by atoms with Gasteiger partial charge in [0.1, 0.15) is 0 Å². The van der Waals surface area contributed by atoms with Crippen molar-refractivity contribution in [2.45, 2.75) is 0 Å². The maximum Gasteiger partial charge on any atom is 0.250 e. The van der Waals surface area contributed by atoms with Crippen LogP contribution in [0, 0.1) is 0 Å². The van der Waals surface area contributed by atoms with Crippen LogP contribution >= 0.6 is 11.3 Å². The Morgan fingerprint density at radius 3 is 3.12 bits per heavy atom. The average Bonchev–Trinajstić information content (AvgIpc) is 2.76. The van der Waals surface area contributed by atoms with Gasteiger partial charge in [0.25, 0.3) is 5.91 Å². The van der Waals surface area contributed by atoms with E-state index in [1.807, 2.05) is 23.7 Å². The van der Waals surface area contributed by atoms with Crippen LogP contribution in [0.2, 0.25) is 0 Å². The molecular formula is C12H10N2OS. The van der Waals surface area contributed by atoms with Crippen LogP contribution in [0.25, 0.3) is 11.8 Å². The molecule has 0 fully saturated rings. The molecule has 0 radical (unpaired) electrons. The van der Waals surface area contributed by atoms with E-state index in [-0.39, 0.29) is 5.91 Å². The highest BCUT2D eigenvalue weighted by Crippen LogP contribution is 2.37. The first-order chi connectivity index (χ1) is 7.77. The van der Waals surface area contributed by atoms with Crippen LogP contribution in [0.1, 0.15) is 10.4 Å². The Kier molecular flexibility index (Phi) is 1.97.